The number of para-hydroxylation sites is 2. The van der Waals surface area contributed by atoms with Crippen LogP contribution < -0.4 is 15.8 Å². The summed E-state index contributed by atoms with van der Waals surface area (Å²) in [5.41, 5.74) is 15.7. The summed E-state index contributed by atoms with van der Waals surface area (Å²) >= 11 is 0. The topological polar surface area (TPSA) is 8.17 Å². The second-order valence-electron chi connectivity index (χ2n) is 12.8. The van der Waals surface area contributed by atoms with Crippen molar-refractivity contribution < 1.29 is 0 Å². The summed E-state index contributed by atoms with van der Waals surface area (Å²) in [4.78, 5) is 2.57. The number of hydrogen-bond acceptors (Lipinski definition) is 1. The van der Waals surface area contributed by atoms with E-state index in [1.54, 1.807) is 0 Å². The fourth-order valence-corrected chi connectivity index (χ4v) is 8.54. The predicted octanol–water partition coefficient (Wildman–Crippen LogP) is 9.44. The minimum Gasteiger partial charge on any atom is -0.375 e. The van der Waals surface area contributed by atoms with E-state index in [-0.39, 0.29) is 6.85 Å². The first-order valence-electron chi connectivity index (χ1n) is 15.6. The molecule has 0 aliphatic carbocycles. The molecule has 0 saturated carbocycles. The minimum atomic E-state index is 0.0617. The van der Waals surface area contributed by atoms with E-state index in [9.17, 15) is 0 Å². The number of benzene rings is 7. The number of fused-ring (bicyclic) bond motifs is 9. The summed E-state index contributed by atoms with van der Waals surface area (Å²) in [5.74, 6) is 0. The van der Waals surface area contributed by atoms with Crippen LogP contribution in [0, 0.1) is 20.8 Å². The molecule has 7 aromatic carbocycles. The van der Waals surface area contributed by atoms with Crippen LogP contribution in [0.2, 0.25) is 0 Å². The van der Waals surface area contributed by atoms with Gasteiger partial charge in [0, 0.05) is 38.7 Å². The summed E-state index contributed by atoms with van der Waals surface area (Å²) in [6.45, 7) is 6.80. The van der Waals surface area contributed by atoms with Gasteiger partial charge in [0.15, 0.2) is 0 Å². The predicted molar refractivity (Wildman–Crippen MR) is 189 cm³/mol. The molecule has 0 fully saturated rings. The first kappa shape index (κ1) is 24.2. The lowest BCUT2D eigenvalue weighted by Gasteiger charge is -2.41. The van der Waals surface area contributed by atoms with Gasteiger partial charge >= 0.3 is 6.85 Å². The van der Waals surface area contributed by atoms with E-state index in [0.717, 1.165) is 0 Å². The van der Waals surface area contributed by atoms with Crippen molar-refractivity contribution in [3.05, 3.63) is 138 Å². The monoisotopic (exact) mass is 560 g/mol. The normalized spacial score (nSPS) is 13.2. The minimum absolute atomic E-state index is 0.0617. The molecule has 2 aliphatic heterocycles. The highest BCUT2D eigenvalue weighted by molar-refractivity contribution is 6.90. The Bertz CT molecular complexity index is 2530. The maximum Gasteiger partial charge on any atom is 0.333 e. The number of hydrogen-bond donors (Lipinski definition) is 0. The summed E-state index contributed by atoms with van der Waals surface area (Å²) in [6.07, 6.45) is 0. The Morgan fingerprint density at radius 1 is 0.523 bits per heavy atom. The maximum atomic E-state index is 2.64. The molecule has 2 nitrogen and oxygen atoms in total. The van der Waals surface area contributed by atoms with Gasteiger partial charge in [0.2, 0.25) is 0 Å². The number of nitrogens with zero attached hydrogens (tertiary/aromatic N) is 2. The van der Waals surface area contributed by atoms with Gasteiger partial charge in [-0.2, -0.15) is 0 Å². The largest absolute Gasteiger partial charge is 0.375 e. The van der Waals surface area contributed by atoms with E-state index in [0.29, 0.717) is 0 Å². The zero-order chi connectivity index (χ0) is 29.3. The average molecular weight is 561 g/mol. The zero-order valence-corrected chi connectivity index (χ0v) is 25.0. The standard InChI is InChI=1S/C41H29BN2/c1-24-18-25(2)40(26(3)19-24)43-37-17-9-13-32-34-15-8-14-33-31-12-6-7-16-36(31)44(41(33)34)42(39(32)37)35-22-29-20-27-10-4-5-11-28(27)21-30(29)23-38(35)43/h4-23H,1-3H3. The Balaban J connectivity index is 1.41. The Morgan fingerprint density at radius 2 is 1.18 bits per heavy atom. The Kier molecular flexibility index (Phi) is 4.63. The molecule has 44 heavy (non-hydrogen) atoms. The second kappa shape index (κ2) is 8.42. The number of rotatable bonds is 1. The Labute approximate surface area is 256 Å². The number of anilines is 3. The van der Waals surface area contributed by atoms with Crippen LogP contribution in [0.25, 0.3) is 54.5 Å². The van der Waals surface area contributed by atoms with Crippen molar-refractivity contribution in [2.24, 2.45) is 0 Å². The van der Waals surface area contributed by atoms with E-state index in [2.05, 4.69) is 151 Å². The van der Waals surface area contributed by atoms with Gasteiger partial charge in [-0.15, -0.1) is 0 Å². The lowest BCUT2D eigenvalue weighted by Crippen LogP contribution is -2.56. The Hall–Kier alpha value is -5.28. The van der Waals surface area contributed by atoms with Crippen LogP contribution in [0.5, 0.6) is 0 Å². The van der Waals surface area contributed by atoms with E-state index >= 15 is 0 Å². The lowest BCUT2D eigenvalue weighted by atomic mass is 9.45. The van der Waals surface area contributed by atoms with E-state index in [1.807, 2.05) is 0 Å². The van der Waals surface area contributed by atoms with Crippen molar-refractivity contribution >= 4 is 78.2 Å². The van der Waals surface area contributed by atoms with Crippen molar-refractivity contribution in [3.63, 3.8) is 0 Å². The lowest BCUT2D eigenvalue weighted by molar-refractivity contribution is 1.20. The first-order valence-corrected chi connectivity index (χ1v) is 15.6. The van der Waals surface area contributed by atoms with Crippen molar-refractivity contribution in [1.29, 1.82) is 0 Å². The highest BCUT2D eigenvalue weighted by Gasteiger charge is 2.43. The number of aromatic nitrogens is 1. The fourth-order valence-electron chi connectivity index (χ4n) is 8.54. The highest BCUT2D eigenvalue weighted by Crippen LogP contribution is 2.47. The maximum absolute atomic E-state index is 2.64. The molecule has 0 N–H and O–H groups in total. The fraction of sp³-hybridized carbons (Fsp3) is 0.0732. The smallest absolute Gasteiger partial charge is 0.333 e. The van der Waals surface area contributed by atoms with Crippen molar-refractivity contribution in [1.82, 2.24) is 4.48 Å². The molecular formula is C41H29BN2. The third-order valence-corrected chi connectivity index (χ3v) is 10.1. The molecule has 1 aromatic heterocycles. The number of aryl methyl sites for hydroxylation is 3. The van der Waals surface area contributed by atoms with Gasteiger partial charge in [0.25, 0.3) is 0 Å². The SMILES string of the molecule is Cc1cc(C)c(N2c3cc4cc5ccccc5cc4cc3B3c4c(cccc42)-c2cccc4c5ccccc5n3c24)c(C)c1. The van der Waals surface area contributed by atoms with Gasteiger partial charge < -0.3 is 9.38 Å². The van der Waals surface area contributed by atoms with Crippen LogP contribution in [0.4, 0.5) is 17.1 Å². The molecule has 0 amide bonds. The molecule has 0 spiro atoms. The molecular weight excluding hydrogens is 531 g/mol. The second-order valence-corrected chi connectivity index (χ2v) is 12.8. The van der Waals surface area contributed by atoms with Crippen molar-refractivity contribution in [3.8, 4) is 11.1 Å². The Morgan fingerprint density at radius 3 is 1.98 bits per heavy atom. The molecule has 10 rings (SSSR count). The van der Waals surface area contributed by atoms with Gasteiger partial charge in [-0.25, -0.2) is 0 Å². The summed E-state index contributed by atoms with van der Waals surface area (Å²) in [5, 5.41) is 7.76. The first-order chi connectivity index (χ1) is 21.6. The average Bonchev–Trinajstić information content (AvgIpc) is 3.37. The molecule has 0 unspecified atom stereocenters. The molecule has 206 valence electrons. The summed E-state index contributed by atoms with van der Waals surface area (Å²) < 4.78 is 2.64. The third kappa shape index (κ3) is 3.01. The quantitative estimate of drug-likeness (QED) is 0.143. The van der Waals surface area contributed by atoms with Crippen LogP contribution in [0.1, 0.15) is 16.7 Å². The molecule has 0 bridgehead atoms. The van der Waals surface area contributed by atoms with Gasteiger partial charge in [-0.05, 0) is 100 Å². The van der Waals surface area contributed by atoms with Crippen LogP contribution in [-0.4, -0.2) is 11.3 Å². The molecule has 0 radical (unpaired) electrons. The van der Waals surface area contributed by atoms with E-state index in [1.165, 1.54) is 99.2 Å². The molecule has 0 saturated heterocycles. The van der Waals surface area contributed by atoms with Crippen molar-refractivity contribution in [2.75, 3.05) is 4.90 Å². The molecule has 2 aliphatic rings. The highest BCUT2D eigenvalue weighted by atomic mass is 15.2. The summed E-state index contributed by atoms with van der Waals surface area (Å²) in [6, 6.07) is 45.8. The van der Waals surface area contributed by atoms with Crippen LogP contribution in [0.3, 0.4) is 0 Å². The molecule has 0 atom stereocenters. The van der Waals surface area contributed by atoms with Gasteiger partial charge in [0.05, 0.1) is 5.69 Å². The zero-order valence-electron chi connectivity index (χ0n) is 25.0. The van der Waals surface area contributed by atoms with Crippen LogP contribution in [-0.2, 0) is 0 Å². The van der Waals surface area contributed by atoms with Gasteiger partial charge in [-0.1, -0.05) is 96.6 Å². The molecule has 3 heterocycles. The van der Waals surface area contributed by atoms with E-state index < -0.39 is 0 Å². The molecule has 8 aromatic rings. The molecule has 3 heteroatoms. The summed E-state index contributed by atoms with van der Waals surface area (Å²) in [7, 11) is 0. The van der Waals surface area contributed by atoms with Gasteiger partial charge in [0.1, 0.15) is 0 Å². The van der Waals surface area contributed by atoms with Crippen molar-refractivity contribution in [2.45, 2.75) is 20.8 Å². The van der Waals surface area contributed by atoms with E-state index in [4.69, 9.17) is 0 Å². The third-order valence-electron chi connectivity index (χ3n) is 10.1. The van der Waals surface area contributed by atoms with Gasteiger partial charge in [-0.3, -0.25) is 0 Å². The van der Waals surface area contributed by atoms with Crippen LogP contribution in [0.15, 0.2) is 121 Å². The van der Waals surface area contributed by atoms with Crippen LogP contribution >= 0.6 is 0 Å².